The predicted molar refractivity (Wildman–Crippen MR) is 101 cm³/mol. The summed E-state index contributed by atoms with van der Waals surface area (Å²) < 4.78 is 2.17. The summed E-state index contributed by atoms with van der Waals surface area (Å²) in [5.41, 5.74) is 4.93. The highest BCUT2D eigenvalue weighted by Gasteiger charge is 2.18. The van der Waals surface area contributed by atoms with Crippen LogP contribution in [-0.2, 0) is 11.3 Å². The molecule has 1 unspecified atom stereocenters. The van der Waals surface area contributed by atoms with Crippen LogP contribution in [0.5, 0.6) is 0 Å². The molecule has 0 saturated heterocycles. The molecule has 0 aliphatic carbocycles. The molecule has 1 amide bonds. The van der Waals surface area contributed by atoms with Gasteiger partial charge >= 0.3 is 0 Å². The summed E-state index contributed by atoms with van der Waals surface area (Å²) in [6, 6.07) is 16.3. The van der Waals surface area contributed by atoms with Crippen LogP contribution in [0.25, 0.3) is 11.0 Å². The van der Waals surface area contributed by atoms with Crippen LogP contribution in [-0.4, -0.2) is 15.5 Å². The quantitative estimate of drug-likeness (QED) is 0.713. The fraction of sp³-hybridized carbons (Fsp3) is 0.238. The van der Waals surface area contributed by atoms with E-state index in [9.17, 15) is 4.79 Å². The van der Waals surface area contributed by atoms with Crippen molar-refractivity contribution in [3.8, 4) is 0 Å². The lowest BCUT2D eigenvalue weighted by Crippen LogP contribution is -2.29. The Morgan fingerprint density at radius 1 is 1.24 bits per heavy atom. The lowest BCUT2D eigenvalue weighted by molar-refractivity contribution is -0.118. The molecule has 3 aromatic rings. The Labute approximate surface area is 148 Å². The third-order valence-electron chi connectivity index (χ3n) is 4.23. The summed E-state index contributed by atoms with van der Waals surface area (Å²) in [6.45, 7) is 10.2. The first-order valence-corrected chi connectivity index (χ1v) is 8.43. The van der Waals surface area contributed by atoms with E-state index in [1.807, 2.05) is 25.1 Å². The topological polar surface area (TPSA) is 46.9 Å². The smallest absolute Gasteiger partial charge is 0.246 e. The highest BCUT2D eigenvalue weighted by Crippen LogP contribution is 2.22. The molecule has 4 heteroatoms. The number of imidazole rings is 1. The van der Waals surface area contributed by atoms with Gasteiger partial charge in [0.15, 0.2) is 0 Å². The van der Waals surface area contributed by atoms with E-state index in [1.165, 1.54) is 11.1 Å². The maximum Gasteiger partial charge on any atom is 0.246 e. The molecule has 128 valence electrons. The largest absolute Gasteiger partial charge is 0.343 e. The van der Waals surface area contributed by atoms with Gasteiger partial charge in [-0.05, 0) is 38.5 Å². The predicted octanol–water partition coefficient (Wildman–Crippen LogP) is 4.15. The summed E-state index contributed by atoms with van der Waals surface area (Å²) in [5.74, 6) is 0.693. The van der Waals surface area contributed by atoms with Gasteiger partial charge in [-0.2, -0.15) is 0 Å². The Balaban J connectivity index is 2.02. The van der Waals surface area contributed by atoms with E-state index < -0.39 is 0 Å². The van der Waals surface area contributed by atoms with E-state index in [0.717, 1.165) is 16.9 Å². The van der Waals surface area contributed by atoms with Gasteiger partial charge in [0.05, 0.1) is 17.1 Å². The van der Waals surface area contributed by atoms with Crippen molar-refractivity contribution in [3.05, 3.63) is 77.6 Å². The number of carbonyl (C=O) groups excluding carboxylic acids is 1. The van der Waals surface area contributed by atoms with Gasteiger partial charge in [-0.3, -0.25) is 4.79 Å². The normalized spacial score (nSPS) is 12.1. The van der Waals surface area contributed by atoms with Crippen LogP contribution in [0.2, 0.25) is 0 Å². The lowest BCUT2D eigenvalue weighted by atomic mass is 10.1. The molecule has 0 saturated carbocycles. The molecule has 0 bridgehead atoms. The highest BCUT2D eigenvalue weighted by molar-refractivity contribution is 5.92. The van der Waals surface area contributed by atoms with E-state index in [1.54, 1.807) is 6.92 Å². The highest BCUT2D eigenvalue weighted by atomic mass is 16.1. The Kier molecular flexibility index (Phi) is 4.70. The molecule has 25 heavy (non-hydrogen) atoms. The van der Waals surface area contributed by atoms with Gasteiger partial charge in [-0.15, -0.1) is 0 Å². The second-order valence-corrected chi connectivity index (χ2v) is 6.51. The molecule has 1 N–H and O–H groups in total. The summed E-state index contributed by atoms with van der Waals surface area (Å²) in [5, 5.41) is 2.97. The molecule has 0 spiro atoms. The summed E-state index contributed by atoms with van der Waals surface area (Å²) in [7, 11) is 0. The minimum absolute atomic E-state index is 0.151. The van der Waals surface area contributed by atoms with E-state index in [4.69, 9.17) is 4.98 Å². The number of rotatable bonds is 5. The Hall–Kier alpha value is -2.88. The van der Waals surface area contributed by atoms with E-state index >= 15 is 0 Å². The Bertz CT molecular complexity index is 939. The molecule has 1 heterocycles. The third kappa shape index (κ3) is 3.63. The van der Waals surface area contributed by atoms with Crippen molar-refractivity contribution in [3.63, 3.8) is 0 Å². The molecule has 0 radical (unpaired) electrons. The van der Waals surface area contributed by atoms with Crippen LogP contribution in [0.15, 0.2) is 60.7 Å². The minimum atomic E-state index is -0.207. The summed E-state index contributed by atoms with van der Waals surface area (Å²) >= 11 is 0. The zero-order valence-electron chi connectivity index (χ0n) is 14.9. The number of aromatic nitrogens is 2. The first-order valence-electron chi connectivity index (χ1n) is 8.43. The van der Waals surface area contributed by atoms with Crippen molar-refractivity contribution >= 4 is 16.9 Å². The SMILES string of the molecule is C=C(C)C(=O)NC(C)c1nc2ccccc2n1Cc1cccc(C)c1. The zero-order chi connectivity index (χ0) is 18.0. The average Bonchev–Trinajstić information content (AvgIpc) is 2.93. The number of aryl methyl sites for hydroxylation is 1. The monoisotopic (exact) mass is 333 g/mol. The molecule has 4 nitrogen and oxygen atoms in total. The summed E-state index contributed by atoms with van der Waals surface area (Å²) in [4.78, 5) is 16.8. The van der Waals surface area contributed by atoms with Crippen molar-refractivity contribution in [1.29, 1.82) is 0 Å². The molecule has 0 aliphatic heterocycles. The van der Waals surface area contributed by atoms with Gasteiger partial charge in [0.25, 0.3) is 0 Å². The second kappa shape index (κ2) is 6.93. The van der Waals surface area contributed by atoms with Crippen molar-refractivity contribution in [2.75, 3.05) is 0 Å². The number of nitrogens with one attached hydrogen (secondary N) is 1. The van der Waals surface area contributed by atoms with E-state index in [2.05, 4.69) is 53.7 Å². The van der Waals surface area contributed by atoms with Crippen LogP contribution in [0.4, 0.5) is 0 Å². The maximum absolute atomic E-state index is 12.0. The molecule has 0 aliphatic rings. The van der Waals surface area contributed by atoms with E-state index in [-0.39, 0.29) is 11.9 Å². The number of fused-ring (bicyclic) bond motifs is 1. The molecule has 3 rings (SSSR count). The second-order valence-electron chi connectivity index (χ2n) is 6.51. The number of amides is 1. The van der Waals surface area contributed by atoms with Crippen LogP contribution in [0.1, 0.15) is 36.8 Å². The first kappa shape index (κ1) is 17.0. The van der Waals surface area contributed by atoms with Crippen molar-refractivity contribution < 1.29 is 4.79 Å². The van der Waals surface area contributed by atoms with Crippen LogP contribution >= 0.6 is 0 Å². The van der Waals surface area contributed by atoms with Gasteiger partial charge in [0.1, 0.15) is 5.82 Å². The molecule has 2 aromatic carbocycles. The molecular weight excluding hydrogens is 310 g/mol. The number of hydrogen-bond donors (Lipinski definition) is 1. The van der Waals surface area contributed by atoms with Crippen molar-refractivity contribution in [2.24, 2.45) is 0 Å². The van der Waals surface area contributed by atoms with Crippen LogP contribution in [0, 0.1) is 6.92 Å². The van der Waals surface area contributed by atoms with Gasteiger partial charge in [0, 0.05) is 12.1 Å². The molecule has 1 atom stereocenters. The number of para-hydroxylation sites is 2. The lowest BCUT2D eigenvalue weighted by Gasteiger charge is -2.16. The molecule has 1 aromatic heterocycles. The Morgan fingerprint density at radius 2 is 2.00 bits per heavy atom. The number of hydrogen-bond acceptors (Lipinski definition) is 2. The number of carbonyl (C=O) groups is 1. The zero-order valence-corrected chi connectivity index (χ0v) is 14.9. The Morgan fingerprint density at radius 3 is 2.72 bits per heavy atom. The maximum atomic E-state index is 12.0. The summed E-state index contributed by atoms with van der Waals surface area (Å²) in [6.07, 6.45) is 0. The van der Waals surface area contributed by atoms with Crippen LogP contribution < -0.4 is 5.32 Å². The molecule has 0 fully saturated rings. The number of benzene rings is 2. The average molecular weight is 333 g/mol. The van der Waals surface area contributed by atoms with Crippen LogP contribution in [0.3, 0.4) is 0 Å². The van der Waals surface area contributed by atoms with Crippen molar-refractivity contribution in [2.45, 2.75) is 33.4 Å². The van der Waals surface area contributed by atoms with Gasteiger partial charge in [0.2, 0.25) is 5.91 Å². The fourth-order valence-electron chi connectivity index (χ4n) is 2.97. The van der Waals surface area contributed by atoms with Gasteiger partial charge < -0.3 is 9.88 Å². The standard InChI is InChI=1S/C21H23N3O/c1-14(2)21(25)22-16(4)20-23-18-10-5-6-11-19(18)24(20)13-17-9-7-8-15(3)12-17/h5-12,16H,1,13H2,2-4H3,(H,22,25). The first-order chi connectivity index (χ1) is 12.0. The third-order valence-corrected chi connectivity index (χ3v) is 4.23. The van der Waals surface area contributed by atoms with Crippen molar-refractivity contribution in [1.82, 2.24) is 14.9 Å². The number of nitrogens with zero attached hydrogens (tertiary/aromatic N) is 2. The fourth-order valence-corrected chi connectivity index (χ4v) is 2.97. The van der Waals surface area contributed by atoms with Gasteiger partial charge in [-0.25, -0.2) is 4.98 Å². The van der Waals surface area contributed by atoms with Gasteiger partial charge in [-0.1, -0.05) is 48.5 Å². The minimum Gasteiger partial charge on any atom is -0.343 e. The van der Waals surface area contributed by atoms with E-state index in [0.29, 0.717) is 12.1 Å². The molecular formula is C21H23N3O.